The lowest BCUT2D eigenvalue weighted by Crippen LogP contribution is -2.36. The molecule has 1 aromatic carbocycles. The summed E-state index contributed by atoms with van der Waals surface area (Å²) in [5, 5.41) is 18.1. The van der Waals surface area contributed by atoms with E-state index in [2.05, 4.69) is 26.2 Å². The van der Waals surface area contributed by atoms with Crippen LogP contribution in [0, 0.1) is 6.92 Å². The van der Waals surface area contributed by atoms with E-state index in [0.717, 1.165) is 11.3 Å². The number of carboxylic acids is 1. The Morgan fingerprint density at radius 3 is 2.72 bits per heavy atom. The number of hydrogen-bond donors (Lipinski definition) is 4. The van der Waals surface area contributed by atoms with Crippen molar-refractivity contribution in [1.82, 2.24) is 10.7 Å². The Morgan fingerprint density at radius 2 is 2.08 bits per heavy atom. The first-order chi connectivity index (χ1) is 11.8. The summed E-state index contributed by atoms with van der Waals surface area (Å²) in [4.78, 5) is 39.3. The molecule has 2 amide bonds. The summed E-state index contributed by atoms with van der Waals surface area (Å²) in [5.74, 6) is -1.91. The second-order valence-electron chi connectivity index (χ2n) is 5.76. The molecule has 4 N–H and O–H groups in total. The van der Waals surface area contributed by atoms with Gasteiger partial charge in [-0.1, -0.05) is 11.6 Å². The molecule has 0 aliphatic carbocycles. The predicted molar refractivity (Wildman–Crippen MR) is 92.7 cm³/mol. The molecule has 9 heteroatoms. The van der Waals surface area contributed by atoms with Gasteiger partial charge in [-0.3, -0.25) is 14.9 Å². The minimum absolute atomic E-state index is 0.0113. The number of amides is 2. The Balaban J connectivity index is 2.04. The molecule has 0 spiro atoms. The highest BCUT2D eigenvalue weighted by molar-refractivity contribution is 6.08. The molecule has 25 heavy (non-hydrogen) atoms. The Kier molecular flexibility index (Phi) is 5.48. The zero-order valence-corrected chi connectivity index (χ0v) is 14.1. The summed E-state index contributed by atoms with van der Waals surface area (Å²) in [7, 11) is 0. The highest BCUT2D eigenvalue weighted by Gasteiger charge is 2.29. The topological polar surface area (TPSA) is 132 Å². The number of carbonyl (C=O) groups is 3. The van der Waals surface area contributed by atoms with E-state index in [0.29, 0.717) is 0 Å². The van der Waals surface area contributed by atoms with Gasteiger partial charge in [0.05, 0.1) is 17.7 Å². The molecule has 0 saturated carbocycles. The van der Waals surface area contributed by atoms with Crippen molar-refractivity contribution in [3.8, 4) is 0 Å². The highest BCUT2D eigenvalue weighted by atomic mass is 16.4. The average Bonchev–Trinajstić information content (AvgIpc) is 2.87. The number of hydrogen-bond acceptors (Lipinski definition) is 6. The maximum absolute atomic E-state index is 12.1. The number of guanidine groups is 1. The van der Waals surface area contributed by atoms with Gasteiger partial charge in [-0.05, 0) is 32.9 Å². The fourth-order valence-corrected chi connectivity index (χ4v) is 2.13. The number of aromatic carboxylic acids is 1. The van der Waals surface area contributed by atoms with E-state index in [1.807, 2.05) is 0 Å². The van der Waals surface area contributed by atoms with Crippen molar-refractivity contribution in [2.75, 3.05) is 5.32 Å². The molecule has 9 nitrogen and oxygen atoms in total. The smallest absolute Gasteiger partial charge is 0.337 e. The summed E-state index contributed by atoms with van der Waals surface area (Å²) in [6, 6.07) is 3.77. The second-order valence-corrected chi connectivity index (χ2v) is 5.76. The third-order valence-electron chi connectivity index (χ3n) is 3.27. The van der Waals surface area contributed by atoms with Gasteiger partial charge < -0.3 is 10.4 Å². The van der Waals surface area contributed by atoms with Gasteiger partial charge in [0.2, 0.25) is 11.9 Å². The molecule has 1 unspecified atom stereocenters. The lowest BCUT2D eigenvalue weighted by atomic mass is 10.1. The van der Waals surface area contributed by atoms with Crippen LogP contribution in [0.5, 0.6) is 0 Å². The normalized spacial score (nSPS) is 15.9. The van der Waals surface area contributed by atoms with Crippen molar-refractivity contribution in [3.05, 3.63) is 29.3 Å². The number of anilines is 1. The molecule has 1 aromatic rings. The van der Waals surface area contributed by atoms with E-state index in [9.17, 15) is 19.5 Å². The maximum atomic E-state index is 12.1. The van der Waals surface area contributed by atoms with Gasteiger partial charge in [-0.2, -0.15) is 5.10 Å². The van der Waals surface area contributed by atoms with Gasteiger partial charge in [0.15, 0.2) is 0 Å². The van der Waals surface area contributed by atoms with Crippen molar-refractivity contribution in [1.29, 1.82) is 0 Å². The molecule has 0 fully saturated rings. The fourth-order valence-electron chi connectivity index (χ4n) is 2.13. The lowest BCUT2D eigenvalue weighted by Gasteiger charge is -2.10. The van der Waals surface area contributed by atoms with Crippen LogP contribution in [0.4, 0.5) is 5.69 Å². The SMILES string of the molecule is CC(C)=NNC1=NC(CC(=O)Nc2ccc(C)cc2C(=O)O)C(=O)N1. The van der Waals surface area contributed by atoms with E-state index in [4.69, 9.17) is 0 Å². The number of aliphatic imine (C=N–C) groups is 1. The number of nitrogens with one attached hydrogen (secondary N) is 3. The molecule has 0 radical (unpaired) electrons. The molecule has 0 saturated heterocycles. The number of aryl methyl sites for hydroxylation is 1. The number of rotatable bonds is 5. The summed E-state index contributed by atoms with van der Waals surface area (Å²) in [6.45, 7) is 5.30. The molecule has 1 aliphatic heterocycles. The predicted octanol–water partition coefficient (Wildman–Crippen LogP) is 0.862. The van der Waals surface area contributed by atoms with Crippen molar-refractivity contribution in [2.24, 2.45) is 10.1 Å². The molecule has 1 heterocycles. The van der Waals surface area contributed by atoms with Gasteiger partial charge in [0, 0.05) is 5.71 Å². The van der Waals surface area contributed by atoms with Crippen LogP contribution in [0.15, 0.2) is 28.3 Å². The molecule has 132 valence electrons. The van der Waals surface area contributed by atoms with Crippen LogP contribution in [0.3, 0.4) is 0 Å². The summed E-state index contributed by atoms with van der Waals surface area (Å²) >= 11 is 0. The van der Waals surface area contributed by atoms with Crippen LogP contribution in [-0.2, 0) is 9.59 Å². The number of benzene rings is 1. The summed E-state index contributed by atoms with van der Waals surface area (Å²) in [5.41, 5.74) is 4.27. The van der Waals surface area contributed by atoms with Gasteiger partial charge >= 0.3 is 5.97 Å². The third kappa shape index (κ3) is 4.87. The molecular weight excluding hydrogens is 326 g/mol. The number of hydrazone groups is 1. The first kappa shape index (κ1) is 18.1. The van der Waals surface area contributed by atoms with Crippen LogP contribution < -0.4 is 16.1 Å². The minimum Gasteiger partial charge on any atom is -0.478 e. The van der Waals surface area contributed by atoms with Gasteiger partial charge in [0.1, 0.15) is 6.04 Å². The fraction of sp³-hybridized carbons (Fsp3) is 0.312. The van der Waals surface area contributed by atoms with E-state index < -0.39 is 23.8 Å². The number of nitrogens with zero attached hydrogens (tertiary/aromatic N) is 2. The number of carboxylic acid groups (broad SMARTS) is 1. The average molecular weight is 345 g/mol. The zero-order chi connectivity index (χ0) is 18.6. The van der Waals surface area contributed by atoms with E-state index in [-0.39, 0.29) is 23.6 Å². The van der Waals surface area contributed by atoms with Crippen molar-refractivity contribution in [2.45, 2.75) is 33.2 Å². The lowest BCUT2D eigenvalue weighted by molar-refractivity contribution is -0.123. The standard InChI is InChI=1S/C16H19N5O4/c1-8(2)20-21-16-18-12(14(23)19-16)7-13(22)17-11-5-4-9(3)6-10(11)15(24)25/h4-6,12H,7H2,1-3H3,(H,17,22)(H,24,25)(H2,18,19,21,23). The first-order valence-electron chi connectivity index (χ1n) is 7.55. The molecule has 1 atom stereocenters. The van der Waals surface area contributed by atoms with E-state index >= 15 is 0 Å². The molecule has 0 aromatic heterocycles. The minimum atomic E-state index is -1.14. The Labute approximate surface area is 144 Å². The van der Waals surface area contributed by atoms with Gasteiger partial charge in [-0.15, -0.1) is 0 Å². The Hall–Kier alpha value is -3.23. The Bertz CT molecular complexity index is 781. The summed E-state index contributed by atoms with van der Waals surface area (Å²) in [6.07, 6.45) is -0.210. The van der Waals surface area contributed by atoms with Gasteiger partial charge in [0.25, 0.3) is 5.91 Å². The first-order valence-corrected chi connectivity index (χ1v) is 7.55. The highest BCUT2D eigenvalue weighted by Crippen LogP contribution is 2.18. The second kappa shape index (κ2) is 7.56. The van der Waals surface area contributed by atoms with Crippen LogP contribution in [0.1, 0.15) is 36.2 Å². The van der Waals surface area contributed by atoms with Crippen molar-refractivity contribution >= 4 is 35.1 Å². The van der Waals surface area contributed by atoms with Crippen LogP contribution >= 0.6 is 0 Å². The largest absolute Gasteiger partial charge is 0.478 e. The van der Waals surface area contributed by atoms with Crippen molar-refractivity contribution < 1.29 is 19.5 Å². The molecular formula is C16H19N5O4. The van der Waals surface area contributed by atoms with Gasteiger partial charge in [-0.25, -0.2) is 15.2 Å². The Morgan fingerprint density at radius 1 is 1.36 bits per heavy atom. The molecule has 0 bridgehead atoms. The monoisotopic (exact) mass is 345 g/mol. The zero-order valence-electron chi connectivity index (χ0n) is 14.1. The maximum Gasteiger partial charge on any atom is 0.337 e. The summed E-state index contributed by atoms with van der Waals surface area (Å²) < 4.78 is 0. The van der Waals surface area contributed by atoms with Crippen LogP contribution in [0.2, 0.25) is 0 Å². The van der Waals surface area contributed by atoms with E-state index in [1.165, 1.54) is 12.1 Å². The van der Waals surface area contributed by atoms with E-state index in [1.54, 1.807) is 26.8 Å². The van der Waals surface area contributed by atoms with Crippen LogP contribution in [0.25, 0.3) is 0 Å². The van der Waals surface area contributed by atoms with Crippen LogP contribution in [-0.4, -0.2) is 40.6 Å². The molecule has 1 aliphatic rings. The van der Waals surface area contributed by atoms with Crippen molar-refractivity contribution in [3.63, 3.8) is 0 Å². The number of carbonyl (C=O) groups excluding carboxylic acids is 2. The molecule has 2 rings (SSSR count). The third-order valence-corrected chi connectivity index (χ3v) is 3.27. The quantitative estimate of drug-likeness (QED) is 0.464.